The van der Waals surface area contributed by atoms with Crippen molar-refractivity contribution in [1.29, 1.82) is 0 Å². The molecule has 4 nitrogen and oxygen atoms in total. The van der Waals surface area contributed by atoms with Crippen LogP contribution in [0.3, 0.4) is 0 Å². The van der Waals surface area contributed by atoms with Crippen LogP contribution in [-0.4, -0.2) is 47.4 Å². The highest BCUT2D eigenvalue weighted by Crippen LogP contribution is 2.22. The lowest BCUT2D eigenvalue weighted by Crippen LogP contribution is -2.35. The lowest BCUT2D eigenvalue weighted by molar-refractivity contribution is 0.0724. The van der Waals surface area contributed by atoms with Crippen LogP contribution in [0.4, 0.5) is 5.82 Å². The van der Waals surface area contributed by atoms with Gasteiger partial charge in [-0.2, -0.15) is 11.8 Å². The van der Waals surface area contributed by atoms with Crippen molar-refractivity contribution in [2.45, 2.75) is 25.7 Å². The molecule has 0 radical (unpaired) electrons. The first-order chi connectivity index (χ1) is 10.2. The normalized spacial score (nSPS) is 15.0. The molecular formula is C15H22ClN3OS. The second-order valence-electron chi connectivity index (χ2n) is 5.18. The molecule has 0 atom stereocenters. The first kappa shape index (κ1) is 16.4. The number of pyridine rings is 1. The van der Waals surface area contributed by atoms with E-state index in [4.69, 9.17) is 11.6 Å². The number of rotatable bonds is 6. The number of carbonyl (C=O) groups is 1. The third kappa shape index (κ3) is 4.78. The van der Waals surface area contributed by atoms with E-state index in [0.29, 0.717) is 16.4 Å². The highest BCUT2D eigenvalue weighted by Gasteiger charge is 2.19. The topological polar surface area (TPSA) is 45.2 Å². The SMILES string of the molecule is CSCCCNc1ncc(C(=O)N2CCCCC2)cc1Cl. The monoisotopic (exact) mass is 327 g/mol. The Morgan fingerprint density at radius 2 is 2.19 bits per heavy atom. The molecule has 1 amide bonds. The number of aromatic nitrogens is 1. The van der Waals surface area contributed by atoms with E-state index in [2.05, 4.69) is 16.6 Å². The molecule has 1 aliphatic rings. The molecule has 0 saturated carbocycles. The summed E-state index contributed by atoms with van der Waals surface area (Å²) in [7, 11) is 0. The van der Waals surface area contributed by atoms with Crippen LogP contribution in [0.25, 0.3) is 0 Å². The van der Waals surface area contributed by atoms with Gasteiger partial charge in [-0.3, -0.25) is 4.79 Å². The van der Waals surface area contributed by atoms with Gasteiger partial charge in [0, 0.05) is 25.8 Å². The van der Waals surface area contributed by atoms with E-state index < -0.39 is 0 Å². The second-order valence-corrected chi connectivity index (χ2v) is 6.57. The Kier molecular flexibility index (Phi) is 6.64. The number of nitrogens with zero attached hydrogens (tertiary/aromatic N) is 2. The van der Waals surface area contributed by atoms with Gasteiger partial charge in [-0.15, -0.1) is 0 Å². The molecule has 6 heteroatoms. The van der Waals surface area contributed by atoms with E-state index >= 15 is 0 Å². The van der Waals surface area contributed by atoms with E-state index in [-0.39, 0.29) is 5.91 Å². The number of amides is 1. The van der Waals surface area contributed by atoms with Gasteiger partial charge < -0.3 is 10.2 Å². The molecule has 0 bridgehead atoms. The van der Waals surface area contributed by atoms with E-state index in [0.717, 1.165) is 44.6 Å². The van der Waals surface area contributed by atoms with Gasteiger partial charge in [0.1, 0.15) is 5.82 Å². The van der Waals surface area contributed by atoms with Crippen molar-refractivity contribution in [2.75, 3.05) is 37.0 Å². The fourth-order valence-corrected chi connectivity index (χ4v) is 3.05. The van der Waals surface area contributed by atoms with Crippen LogP contribution in [0, 0.1) is 0 Å². The van der Waals surface area contributed by atoms with E-state index in [9.17, 15) is 4.79 Å². The van der Waals surface area contributed by atoms with Gasteiger partial charge in [0.25, 0.3) is 5.91 Å². The molecule has 1 fully saturated rings. The number of nitrogens with one attached hydrogen (secondary N) is 1. The van der Waals surface area contributed by atoms with Gasteiger partial charge in [0.05, 0.1) is 10.6 Å². The van der Waals surface area contributed by atoms with Crippen LogP contribution in [0.1, 0.15) is 36.0 Å². The zero-order chi connectivity index (χ0) is 15.1. The summed E-state index contributed by atoms with van der Waals surface area (Å²) in [6.45, 7) is 2.52. The molecule has 2 heterocycles. The zero-order valence-electron chi connectivity index (χ0n) is 12.4. The maximum atomic E-state index is 12.4. The molecule has 1 aromatic heterocycles. The lowest BCUT2D eigenvalue weighted by atomic mass is 10.1. The van der Waals surface area contributed by atoms with Crippen molar-refractivity contribution in [3.8, 4) is 0 Å². The maximum Gasteiger partial charge on any atom is 0.255 e. The second kappa shape index (κ2) is 8.49. The summed E-state index contributed by atoms with van der Waals surface area (Å²) in [5.74, 6) is 1.81. The van der Waals surface area contributed by atoms with Crippen molar-refractivity contribution in [3.63, 3.8) is 0 Å². The quantitative estimate of drug-likeness (QED) is 0.812. The number of hydrogen-bond donors (Lipinski definition) is 1. The first-order valence-electron chi connectivity index (χ1n) is 7.40. The van der Waals surface area contributed by atoms with Crippen molar-refractivity contribution in [2.24, 2.45) is 0 Å². The van der Waals surface area contributed by atoms with E-state index in [1.54, 1.807) is 12.3 Å². The Balaban J connectivity index is 1.95. The summed E-state index contributed by atoms with van der Waals surface area (Å²) in [5.41, 5.74) is 0.580. The van der Waals surface area contributed by atoms with Crippen LogP contribution in [0.15, 0.2) is 12.3 Å². The molecule has 0 spiro atoms. The minimum atomic E-state index is 0.0398. The molecule has 0 aromatic carbocycles. The largest absolute Gasteiger partial charge is 0.369 e. The molecule has 1 N–H and O–H groups in total. The minimum Gasteiger partial charge on any atom is -0.369 e. The lowest BCUT2D eigenvalue weighted by Gasteiger charge is -2.26. The van der Waals surface area contributed by atoms with Crippen LogP contribution in [0.5, 0.6) is 0 Å². The molecule has 1 saturated heterocycles. The van der Waals surface area contributed by atoms with Gasteiger partial charge in [-0.05, 0) is 43.8 Å². The Bertz CT molecular complexity index is 478. The van der Waals surface area contributed by atoms with Gasteiger partial charge >= 0.3 is 0 Å². The van der Waals surface area contributed by atoms with Gasteiger partial charge in [-0.1, -0.05) is 11.6 Å². The summed E-state index contributed by atoms with van der Waals surface area (Å²) in [5, 5.41) is 3.73. The molecule has 0 unspecified atom stereocenters. The van der Waals surface area contributed by atoms with Crippen LogP contribution in [0.2, 0.25) is 5.02 Å². The van der Waals surface area contributed by atoms with E-state index in [1.807, 2.05) is 16.7 Å². The number of carbonyl (C=O) groups excluding carboxylic acids is 1. The molecular weight excluding hydrogens is 306 g/mol. The highest BCUT2D eigenvalue weighted by atomic mass is 35.5. The van der Waals surface area contributed by atoms with Crippen LogP contribution < -0.4 is 5.32 Å². The van der Waals surface area contributed by atoms with Crippen molar-refractivity contribution < 1.29 is 4.79 Å². The third-order valence-electron chi connectivity index (χ3n) is 3.55. The predicted octanol–water partition coefficient (Wildman–Crippen LogP) is 3.53. The first-order valence-corrected chi connectivity index (χ1v) is 9.17. The van der Waals surface area contributed by atoms with Crippen molar-refractivity contribution in [1.82, 2.24) is 9.88 Å². The van der Waals surface area contributed by atoms with Crippen LogP contribution >= 0.6 is 23.4 Å². The van der Waals surface area contributed by atoms with Crippen molar-refractivity contribution in [3.05, 3.63) is 22.8 Å². The molecule has 0 aliphatic carbocycles. The average molecular weight is 328 g/mol. The smallest absolute Gasteiger partial charge is 0.255 e. The van der Waals surface area contributed by atoms with E-state index in [1.165, 1.54) is 6.42 Å². The number of halogens is 1. The molecule has 116 valence electrons. The van der Waals surface area contributed by atoms with Crippen molar-refractivity contribution >= 4 is 35.1 Å². The summed E-state index contributed by atoms with van der Waals surface area (Å²) < 4.78 is 0. The molecule has 2 rings (SSSR count). The Morgan fingerprint density at radius 1 is 1.43 bits per heavy atom. The maximum absolute atomic E-state index is 12.4. The average Bonchev–Trinajstić information content (AvgIpc) is 2.53. The third-order valence-corrected chi connectivity index (χ3v) is 4.53. The minimum absolute atomic E-state index is 0.0398. The molecule has 1 aliphatic heterocycles. The number of thioether (sulfide) groups is 1. The number of anilines is 1. The summed E-state index contributed by atoms with van der Waals surface area (Å²) >= 11 is 8.04. The van der Waals surface area contributed by atoms with Gasteiger partial charge in [-0.25, -0.2) is 4.98 Å². The summed E-state index contributed by atoms with van der Waals surface area (Å²) in [6, 6.07) is 1.72. The van der Waals surface area contributed by atoms with Gasteiger partial charge in [0.15, 0.2) is 0 Å². The summed E-state index contributed by atoms with van der Waals surface area (Å²) in [4.78, 5) is 18.6. The Hall–Kier alpha value is -0.940. The number of likely N-dealkylation sites (tertiary alicyclic amines) is 1. The summed E-state index contributed by atoms with van der Waals surface area (Å²) in [6.07, 6.45) is 8.16. The van der Waals surface area contributed by atoms with Gasteiger partial charge in [0.2, 0.25) is 0 Å². The predicted molar refractivity (Wildman–Crippen MR) is 90.5 cm³/mol. The highest BCUT2D eigenvalue weighted by molar-refractivity contribution is 7.98. The number of piperidine rings is 1. The molecule has 1 aromatic rings. The zero-order valence-corrected chi connectivity index (χ0v) is 14.0. The Labute approximate surface area is 135 Å². The fourth-order valence-electron chi connectivity index (χ4n) is 2.39. The Morgan fingerprint density at radius 3 is 2.86 bits per heavy atom. The number of hydrogen-bond acceptors (Lipinski definition) is 4. The van der Waals surface area contributed by atoms with Crippen LogP contribution in [-0.2, 0) is 0 Å². The molecule has 21 heavy (non-hydrogen) atoms. The standard InChI is InChI=1S/C15H22ClN3OS/c1-21-9-5-6-17-14-13(16)10-12(11-18-14)15(20)19-7-3-2-4-8-19/h10-11H,2-9H2,1H3,(H,17,18). The fraction of sp³-hybridized carbons (Fsp3) is 0.600.